The van der Waals surface area contributed by atoms with Crippen molar-refractivity contribution in [3.8, 4) is 0 Å². The topological polar surface area (TPSA) is 52.6 Å². The number of rotatable bonds is 8. The average molecular weight is 479 g/mol. The molecule has 1 saturated heterocycles. The molecule has 5 nitrogen and oxygen atoms in total. The number of guanidine groups is 1. The number of piperidine rings is 1. The maximum atomic E-state index is 4.70. The van der Waals surface area contributed by atoms with Gasteiger partial charge in [0.1, 0.15) is 0 Å². The first-order chi connectivity index (χ1) is 11.7. The van der Waals surface area contributed by atoms with Gasteiger partial charge in [0.2, 0.25) is 0 Å². The molecule has 0 spiro atoms. The van der Waals surface area contributed by atoms with E-state index in [1.807, 2.05) is 6.20 Å². The molecule has 1 aromatic heterocycles. The van der Waals surface area contributed by atoms with Crippen molar-refractivity contribution < 1.29 is 0 Å². The van der Waals surface area contributed by atoms with E-state index in [4.69, 9.17) is 4.99 Å². The number of hydrogen-bond acceptors (Lipinski definition) is 4. The molecule has 1 aromatic rings. The summed E-state index contributed by atoms with van der Waals surface area (Å²) in [6.45, 7) is 12.9. The van der Waals surface area contributed by atoms with E-state index in [2.05, 4.69) is 41.3 Å². The highest BCUT2D eigenvalue weighted by Gasteiger charge is 2.15. The fourth-order valence-corrected chi connectivity index (χ4v) is 3.91. The molecule has 25 heavy (non-hydrogen) atoms. The van der Waals surface area contributed by atoms with Crippen molar-refractivity contribution in [2.75, 3.05) is 39.3 Å². The van der Waals surface area contributed by atoms with Crippen LogP contribution in [0.1, 0.15) is 43.0 Å². The Labute approximate surface area is 174 Å². The van der Waals surface area contributed by atoms with E-state index in [-0.39, 0.29) is 24.0 Å². The maximum Gasteiger partial charge on any atom is 0.191 e. The molecule has 2 heterocycles. The third-order valence-electron chi connectivity index (χ3n) is 4.29. The van der Waals surface area contributed by atoms with Crippen LogP contribution in [0.4, 0.5) is 0 Å². The average Bonchev–Trinajstić information content (AvgIpc) is 2.97. The van der Waals surface area contributed by atoms with E-state index in [0.717, 1.165) is 44.4 Å². The van der Waals surface area contributed by atoms with Crippen LogP contribution in [0, 0.1) is 12.8 Å². The largest absolute Gasteiger partial charge is 0.357 e. The van der Waals surface area contributed by atoms with Gasteiger partial charge >= 0.3 is 0 Å². The Morgan fingerprint density at radius 3 is 2.96 bits per heavy atom. The second kappa shape index (κ2) is 12.9. The summed E-state index contributed by atoms with van der Waals surface area (Å²) in [7, 11) is 0. The highest BCUT2D eigenvalue weighted by molar-refractivity contribution is 14.0. The summed E-state index contributed by atoms with van der Waals surface area (Å²) in [6, 6.07) is 0. The minimum absolute atomic E-state index is 0. The maximum absolute atomic E-state index is 4.70. The van der Waals surface area contributed by atoms with Gasteiger partial charge in [-0.25, -0.2) is 4.98 Å². The van der Waals surface area contributed by atoms with Gasteiger partial charge in [0.25, 0.3) is 0 Å². The molecule has 0 aliphatic carbocycles. The number of likely N-dealkylation sites (tertiary alicyclic amines) is 1. The summed E-state index contributed by atoms with van der Waals surface area (Å²) in [5.41, 5.74) is 0. The van der Waals surface area contributed by atoms with Gasteiger partial charge in [-0.15, -0.1) is 35.3 Å². The molecule has 1 unspecified atom stereocenters. The van der Waals surface area contributed by atoms with Crippen molar-refractivity contribution >= 4 is 41.3 Å². The summed E-state index contributed by atoms with van der Waals surface area (Å²) in [5.74, 6) is 1.79. The quantitative estimate of drug-likeness (QED) is 0.260. The highest BCUT2D eigenvalue weighted by atomic mass is 127. The van der Waals surface area contributed by atoms with Crippen LogP contribution < -0.4 is 10.6 Å². The SMILES string of the molecule is CCNC(=NCCCN1CCCC(C)C1)NCCc1ncc(C)s1.I. The number of aromatic nitrogens is 1. The monoisotopic (exact) mass is 479 g/mol. The van der Waals surface area contributed by atoms with E-state index in [0.29, 0.717) is 0 Å². The Morgan fingerprint density at radius 2 is 2.28 bits per heavy atom. The second-order valence-electron chi connectivity index (χ2n) is 6.70. The predicted molar refractivity (Wildman–Crippen MR) is 119 cm³/mol. The Kier molecular flexibility index (Phi) is 11.6. The molecule has 0 saturated carbocycles. The normalized spacial score (nSPS) is 18.7. The molecule has 2 rings (SSSR count). The van der Waals surface area contributed by atoms with Crippen LogP contribution in [-0.2, 0) is 6.42 Å². The lowest BCUT2D eigenvalue weighted by Crippen LogP contribution is -2.38. The number of hydrogen-bond donors (Lipinski definition) is 2. The van der Waals surface area contributed by atoms with Gasteiger partial charge in [0.05, 0.1) is 5.01 Å². The Balaban J connectivity index is 0.00000312. The molecular weight excluding hydrogens is 445 g/mol. The second-order valence-corrected chi connectivity index (χ2v) is 8.02. The Bertz CT molecular complexity index is 505. The molecule has 0 radical (unpaired) electrons. The predicted octanol–water partition coefficient (Wildman–Crippen LogP) is 3.29. The van der Waals surface area contributed by atoms with Crippen molar-refractivity contribution in [1.82, 2.24) is 20.5 Å². The van der Waals surface area contributed by atoms with E-state index in [1.54, 1.807) is 11.3 Å². The van der Waals surface area contributed by atoms with Crippen LogP contribution >= 0.6 is 35.3 Å². The van der Waals surface area contributed by atoms with Crippen LogP contribution in [0.2, 0.25) is 0 Å². The minimum Gasteiger partial charge on any atom is -0.357 e. The van der Waals surface area contributed by atoms with Gasteiger partial charge in [0.15, 0.2) is 5.96 Å². The standard InChI is InChI=1S/C18H33N5S.HI/c1-4-19-18(21-10-8-17-22-13-16(3)24-17)20-9-6-12-23-11-5-7-15(2)14-23;/h13,15H,4-12,14H2,1-3H3,(H2,19,20,21);1H. The van der Waals surface area contributed by atoms with E-state index < -0.39 is 0 Å². The fraction of sp³-hybridized carbons (Fsp3) is 0.778. The molecule has 0 bridgehead atoms. The smallest absolute Gasteiger partial charge is 0.191 e. The minimum atomic E-state index is 0. The number of aryl methyl sites for hydroxylation is 1. The first kappa shape index (κ1) is 22.6. The third kappa shape index (κ3) is 9.19. The van der Waals surface area contributed by atoms with Crippen molar-refractivity contribution in [3.63, 3.8) is 0 Å². The van der Waals surface area contributed by atoms with Crippen molar-refractivity contribution in [2.45, 2.75) is 46.5 Å². The first-order valence-corrected chi connectivity index (χ1v) is 10.1. The van der Waals surface area contributed by atoms with Gasteiger partial charge in [0, 0.05) is 43.7 Å². The summed E-state index contributed by atoms with van der Waals surface area (Å²) in [5, 5.41) is 7.93. The lowest BCUT2D eigenvalue weighted by Gasteiger charge is -2.30. The lowest BCUT2D eigenvalue weighted by molar-refractivity contribution is 0.183. The lowest BCUT2D eigenvalue weighted by atomic mass is 10.0. The van der Waals surface area contributed by atoms with Crippen LogP contribution in [0.3, 0.4) is 0 Å². The van der Waals surface area contributed by atoms with Gasteiger partial charge in [-0.2, -0.15) is 0 Å². The Morgan fingerprint density at radius 1 is 1.44 bits per heavy atom. The summed E-state index contributed by atoms with van der Waals surface area (Å²) >= 11 is 1.77. The number of aliphatic imine (C=N–C) groups is 1. The molecule has 7 heteroatoms. The third-order valence-corrected chi connectivity index (χ3v) is 5.26. The molecule has 1 fully saturated rings. The molecule has 0 amide bonds. The molecule has 144 valence electrons. The van der Waals surface area contributed by atoms with Crippen LogP contribution in [-0.4, -0.2) is 55.1 Å². The molecule has 1 aliphatic heterocycles. The molecule has 0 aromatic carbocycles. The van der Waals surface area contributed by atoms with Crippen molar-refractivity contribution in [2.24, 2.45) is 10.9 Å². The first-order valence-electron chi connectivity index (χ1n) is 9.33. The molecule has 1 atom stereocenters. The summed E-state index contributed by atoms with van der Waals surface area (Å²) in [4.78, 5) is 13.0. The van der Waals surface area contributed by atoms with Gasteiger partial charge in [-0.05, 0) is 52.1 Å². The fourth-order valence-electron chi connectivity index (χ4n) is 3.12. The van der Waals surface area contributed by atoms with E-state index in [1.165, 1.54) is 42.4 Å². The van der Waals surface area contributed by atoms with Crippen LogP contribution in [0.15, 0.2) is 11.2 Å². The van der Waals surface area contributed by atoms with Crippen LogP contribution in [0.5, 0.6) is 0 Å². The van der Waals surface area contributed by atoms with Gasteiger partial charge in [-0.1, -0.05) is 6.92 Å². The van der Waals surface area contributed by atoms with Gasteiger partial charge < -0.3 is 15.5 Å². The van der Waals surface area contributed by atoms with Crippen molar-refractivity contribution in [3.05, 3.63) is 16.1 Å². The number of nitrogens with zero attached hydrogens (tertiary/aromatic N) is 3. The van der Waals surface area contributed by atoms with Crippen molar-refractivity contribution in [1.29, 1.82) is 0 Å². The molecule has 1 aliphatic rings. The Hall–Kier alpha value is -0.410. The van der Waals surface area contributed by atoms with Crippen LogP contribution in [0.25, 0.3) is 0 Å². The molecular formula is C18H34IN5S. The zero-order chi connectivity index (χ0) is 17.2. The molecule has 2 N–H and O–H groups in total. The zero-order valence-electron chi connectivity index (χ0n) is 15.9. The summed E-state index contributed by atoms with van der Waals surface area (Å²) < 4.78 is 0. The van der Waals surface area contributed by atoms with Gasteiger partial charge in [-0.3, -0.25) is 4.99 Å². The number of thiazole rings is 1. The zero-order valence-corrected chi connectivity index (χ0v) is 19.0. The number of halogens is 1. The van der Waals surface area contributed by atoms with E-state index >= 15 is 0 Å². The number of nitrogens with one attached hydrogen (secondary N) is 2. The summed E-state index contributed by atoms with van der Waals surface area (Å²) in [6.07, 6.45) is 6.77. The van der Waals surface area contributed by atoms with E-state index in [9.17, 15) is 0 Å². The highest BCUT2D eigenvalue weighted by Crippen LogP contribution is 2.15.